The van der Waals surface area contributed by atoms with Crippen molar-refractivity contribution in [3.63, 3.8) is 0 Å². The van der Waals surface area contributed by atoms with Crippen LogP contribution in [-0.4, -0.2) is 80.5 Å². The van der Waals surface area contributed by atoms with Gasteiger partial charge in [0, 0.05) is 31.3 Å². The van der Waals surface area contributed by atoms with Crippen molar-refractivity contribution in [3.05, 3.63) is 48.0 Å². The molecule has 0 fully saturated rings. The quantitative estimate of drug-likeness (QED) is 0.0610. The molecule has 1 aromatic heterocycles. The number of phenolic OH excluding ortho intramolecular Hbond substituents is 1. The Bertz CT molecular complexity index is 1200. The summed E-state index contributed by atoms with van der Waals surface area (Å²) < 4.78 is 0. The molecule has 42 heavy (non-hydrogen) atoms. The number of carbonyl (C=O) groups excluding carboxylic acids is 3. The minimum atomic E-state index is -1.28. The van der Waals surface area contributed by atoms with Crippen LogP contribution in [0.25, 0.3) is 0 Å². The van der Waals surface area contributed by atoms with Gasteiger partial charge in [-0.05, 0) is 36.5 Å². The maximum Gasteiger partial charge on any atom is 0.326 e. The molecule has 0 bridgehead atoms. The normalized spacial score (nSPS) is 14.5. The lowest BCUT2D eigenvalue weighted by Crippen LogP contribution is -2.58. The molecule has 5 atom stereocenters. The van der Waals surface area contributed by atoms with Crippen molar-refractivity contribution < 1.29 is 29.4 Å². The van der Waals surface area contributed by atoms with Crippen molar-refractivity contribution >= 4 is 29.7 Å². The minimum absolute atomic E-state index is 0.00971. The van der Waals surface area contributed by atoms with Crippen LogP contribution in [0.1, 0.15) is 44.4 Å². The summed E-state index contributed by atoms with van der Waals surface area (Å²) in [6.45, 7) is 3.89. The Labute approximate surface area is 243 Å². The molecule has 2 rings (SSSR count). The molecule has 15 nitrogen and oxygen atoms in total. The first kappa shape index (κ1) is 33.5. The Hall–Kier alpha value is -4.66. The molecule has 0 spiro atoms. The third-order valence-electron chi connectivity index (χ3n) is 6.74. The monoisotopic (exact) mass is 587 g/mol. The fraction of sp³-hybridized carbons (Fsp3) is 0.481. The lowest BCUT2D eigenvalue weighted by molar-refractivity contribution is -0.142. The van der Waals surface area contributed by atoms with Crippen LogP contribution in [0.5, 0.6) is 5.75 Å². The van der Waals surface area contributed by atoms with Gasteiger partial charge >= 0.3 is 5.97 Å². The summed E-state index contributed by atoms with van der Waals surface area (Å²) in [7, 11) is 0. The number of aromatic hydroxyl groups is 1. The predicted octanol–water partition coefficient (Wildman–Crippen LogP) is -1.13. The van der Waals surface area contributed by atoms with Gasteiger partial charge in [0.05, 0.1) is 12.4 Å². The molecule has 0 aliphatic rings. The van der Waals surface area contributed by atoms with E-state index in [0.29, 0.717) is 17.7 Å². The van der Waals surface area contributed by atoms with Crippen LogP contribution >= 0.6 is 0 Å². The number of aromatic amines is 1. The number of carbonyl (C=O) groups is 4. The molecular weight excluding hydrogens is 546 g/mol. The topological polar surface area (TPSA) is 264 Å². The second-order valence-electron chi connectivity index (χ2n) is 10.0. The molecule has 0 saturated carbocycles. The molecule has 0 saturated heterocycles. The lowest BCUT2D eigenvalue weighted by Gasteiger charge is -2.26. The summed E-state index contributed by atoms with van der Waals surface area (Å²) in [5.41, 5.74) is 17.8. The van der Waals surface area contributed by atoms with Gasteiger partial charge < -0.3 is 48.3 Å². The zero-order valence-electron chi connectivity index (χ0n) is 23.7. The van der Waals surface area contributed by atoms with E-state index in [1.807, 2.05) is 13.8 Å². The van der Waals surface area contributed by atoms with E-state index >= 15 is 0 Å². The van der Waals surface area contributed by atoms with Crippen molar-refractivity contribution in [2.75, 3.05) is 6.54 Å². The highest BCUT2D eigenvalue weighted by atomic mass is 16.4. The number of phenols is 1. The molecule has 230 valence electrons. The van der Waals surface area contributed by atoms with E-state index in [0.717, 1.165) is 0 Å². The highest BCUT2D eigenvalue weighted by Crippen LogP contribution is 2.13. The fourth-order valence-electron chi connectivity index (χ4n) is 3.99. The molecule has 5 unspecified atom stereocenters. The third-order valence-corrected chi connectivity index (χ3v) is 6.74. The second kappa shape index (κ2) is 16.6. The minimum Gasteiger partial charge on any atom is -0.508 e. The van der Waals surface area contributed by atoms with Crippen LogP contribution in [0.15, 0.2) is 41.8 Å². The van der Waals surface area contributed by atoms with Gasteiger partial charge in [0.1, 0.15) is 23.9 Å². The van der Waals surface area contributed by atoms with Gasteiger partial charge in [-0.25, -0.2) is 9.78 Å². The summed E-state index contributed by atoms with van der Waals surface area (Å²) in [5, 5.41) is 27.1. The smallest absolute Gasteiger partial charge is 0.326 e. The number of aliphatic carboxylic acids is 1. The molecule has 0 aliphatic heterocycles. The highest BCUT2D eigenvalue weighted by molar-refractivity contribution is 5.94. The molecule has 1 heterocycles. The first-order valence-electron chi connectivity index (χ1n) is 13.6. The van der Waals surface area contributed by atoms with Crippen LogP contribution in [0.4, 0.5) is 0 Å². The lowest BCUT2D eigenvalue weighted by atomic mass is 9.98. The fourth-order valence-corrected chi connectivity index (χ4v) is 3.99. The van der Waals surface area contributed by atoms with E-state index in [2.05, 4.69) is 30.9 Å². The number of nitrogens with two attached hydrogens (primary N) is 3. The van der Waals surface area contributed by atoms with Crippen LogP contribution in [0.2, 0.25) is 0 Å². The molecule has 2 aromatic rings. The van der Waals surface area contributed by atoms with Gasteiger partial charge in [-0.3, -0.25) is 19.4 Å². The largest absolute Gasteiger partial charge is 0.508 e. The number of amides is 3. The number of carboxylic acid groups (broad SMARTS) is 1. The number of aliphatic imine (C=N–C) groups is 1. The number of guanidine groups is 1. The maximum atomic E-state index is 13.5. The Morgan fingerprint density at radius 2 is 1.57 bits per heavy atom. The SMILES string of the molecule is CCC(C)C(N)C(=O)NC(Cc1cnc[nH]1)C(=O)NC(Cc1ccc(O)cc1)C(=O)NC(CCCN=C(N)N)C(=O)O. The summed E-state index contributed by atoms with van der Waals surface area (Å²) in [4.78, 5) is 62.3. The number of aromatic nitrogens is 2. The Morgan fingerprint density at radius 3 is 2.12 bits per heavy atom. The van der Waals surface area contributed by atoms with Gasteiger partial charge in [-0.2, -0.15) is 0 Å². The highest BCUT2D eigenvalue weighted by Gasteiger charge is 2.31. The third kappa shape index (κ3) is 11.1. The van der Waals surface area contributed by atoms with E-state index < -0.39 is 47.9 Å². The molecule has 3 amide bonds. The van der Waals surface area contributed by atoms with E-state index in [1.54, 1.807) is 12.1 Å². The Morgan fingerprint density at radius 1 is 0.976 bits per heavy atom. The van der Waals surface area contributed by atoms with Crippen LogP contribution in [-0.2, 0) is 32.0 Å². The van der Waals surface area contributed by atoms with Crippen LogP contribution < -0.4 is 33.2 Å². The Balaban J connectivity index is 2.28. The number of carboxylic acids is 1. The summed E-state index contributed by atoms with van der Waals surface area (Å²) in [5.74, 6) is -3.52. The summed E-state index contributed by atoms with van der Waals surface area (Å²) in [6, 6.07) is 1.49. The molecule has 15 heteroatoms. The predicted molar refractivity (Wildman–Crippen MR) is 155 cm³/mol. The number of benzene rings is 1. The number of nitrogens with one attached hydrogen (secondary N) is 4. The van der Waals surface area contributed by atoms with E-state index in [9.17, 15) is 29.4 Å². The van der Waals surface area contributed by atoms with E-state index in [-0.39, 0.29) is 49.9 Å². The average molecular weight is 588 g/mol. The van der Waals surface area contributed by atoms with Crippen molar-refractivity contribution in [3.8, 4) is 5.75 Å². The van der Waals surface area contributed by atoms with Gasteiger partial charge in [0.2, 0.25) is 17.7 Å². The zero-order chi connectivity index (χ0) is 31.2. The van der Waals surface area contributed by atoms with Crippen LogP contribution in [0.3, 0.4) is 0 Å². The summed E-state index contributed by atoms with van der Waals surface area (Å²) >= 11 is 0. The van der Waals surface area contributed by atoms with Gasteiger partial charge in [-0.15, -0.1) is 0 Å². The maximum absolute atomic E-state index is 13.5. The van der Waals surface area contributed by atoms with E-state index in [1.165, 1.54) is 24.7 Å². The number of rotatable bonds is 17. The van der Waals surface area contributed by atoms with Crippen molar-refractivity contribution in [2.45, 2.75) is 70.1 Å². The average Bonchev–Trinajstić information content (AvgIpc) is 3.46. The Kier molecular flexibility index (Phi) is 13.2. The molecule has 0 radical (unpaired) electrons. The van der Waals surface area contributed by atoms with Gasteiger partial charge in [0.15, 0.2) is 5.96 Å². The number of H-pyrrole nitrogens is 1. The van der Waals surface area contributed by atoms with Crippen molar-refractivity contribution in [1.82, 2.24) is 25.9 Å². The zero-order valence-corrected chi connectivity index (χ0v) is 23.7. The van der Waals surface area contributed by atoms with Crippen LogP contribution in [0, 0.1) is 5.92 Å². The second-order valence-corrected chi connectivity index (χ2v) is 10.0. The first-order valence-corrected chi connectivity index (χ1v) is 13.6. The van der Waals surface area contributed by atoms with Gasteiger partial charge in [0.25, 0.3) is 0 Å². The van der Waals surface area contributed by atoms with Gasteiger partial charge in [-0.1, -0.05) is 32.4 Å². The van der Waals surface area contributed by atoms with Crippen molar-refractivity contribution in [2.24, 2.45) is 28.1 Å². The number of imidazole rings is 1. The molecule has 12 N–H and O–H groups in total. The van der Waals surface area contributed by atoms with E-state index in [4.69, 9.17) is 17.2 Å². The molecular formula is C27H41N9O6. The number of hydrogen-bond donors (Lipinski definition) is 9. The van der Waals surface area contributed by atoms with Crippen molar-refractivity contribution in [1.29, 1.82) is 0 Å². The first-order chi connectivity index (χ1) is 19.9. The summed E-state index contributed by atoms with van der Waals surface area (Å²) in [6.07, 6.45) is 3.88. The number of hydrogen-bond acceptors (Lipinski definition) is 8. The molecule has 0 aliphatic carbocycles. The number of nitrogens with zero attached hydrogens (tertiary/aromatic N) is 2. The molecule has 1 aromatic carbocycles. The standard InChI is InChI=1S/C27H41N9O6/c1-3-15(2)22(28)25(40)36-21(12-17-13-31-14-33-17)24(39)35-20(11-16-6-8-18(37)9-7-16)23(38)34-19(26(41)42)5-4-10-32-27(29)30/h6-9,13-15,19-22,37H,3-5,10-12,28H2,1-2H3,(H,31,33)(H,34,38)(H,35,39)(H,36,40)(H,41,42)(H4,29,30,32).